The van der Waals surface area contributed by atoms with Gasteiger partial charge in [0.1, 0.15) is 11.8 Å². The molecule has 0 saturated carbocycles. The molecule has 0 amide bonds. The molecule has 0 radical (unpaired) electrons. The topological polar surface area (TPSA) is 70.3 Å². The lowest BCUT2D eigenvalue weighted by atomic mass is 9.99. The molecule has 4 heteroatoms. The van der Waals surface area contributed by atoms with E-state index in [1.54, 1.807) is 12.1 Å². The maximum atomic E-state index is 10.4. The van der Waals surface area contributed by atoms with Crippen molar-refractivity contribution in [2.75, 3.05) is 6.61 Å². The number of benzene rings is 1. The summed E-state index contributed by atoms with van der Waals surface area (Å²) in [6.07, 6.45) is 0. The summed E-state index contributed by atoms with van der Waals surface area (Å²) in [4.78, 5) is 10.4. The molecule has 0 unspecified atom stereocenters. The van der Waals surface area contributed by atoms with E-state index in [0.717, 1.165) is 5.56 Å². The second-order valence-electron chi connectivity index (χ2n) is 3.67. The van der Waals surface area contributed by atoms with Crippen LogP contribution in [0.4, 0.5) is 0 Å². The first-order chi connectivity index (χ1) is 7.56. The first-order valence-electron chi connectivity index (χ1n) is 4.94. The third-order valence-electron chi connectivity index (χ3n) is 2.13. The van der Waals surface area contributed by atoms with Crippen molar-refractivity contribution in [3.05, 3.63) is 29.3 Å². The van der Waals surface area contributed by atoms with Crippen molar-refractivity contribution in [3.8, 4) is 11.8 Å². The average Bonchev–Trinajstić information content (AvgIpc) is 2.25. The Hall–Kier alpha value is -2.02. The molecule has 0 aliphatic carbocycles. The number of carboxylic acid groups (broad SMARTS) is 1. The predicted octanol–water partition coefficient (Wildman–Crippen LogP) is 2.15. The van der Waals surface area contributed by atoms with Crippen LogP contribution in [0.25, 0.3) is 0 Å². The van der Waals surface area contributed by atoms with Crippen LogP contribution in [0, 0.1) is 11.3 Å². The summed E-state index contributed by atoms with van der Waals surface area (Å²) in [5, 5.41) is 17.5. The van der Waals surface area contributed by atoms with E-state index in [4.69, 9.17) is 15.1 Å². The third-order valence-corrected chi connectivity index (χ3v) is 2.13. The monoisotopic (exact) mass is 219 g/mol. The van der Waals surface area contributed by atoms with Gasteiger partial charge in [-0.2, -0.15) is 5.26 Å². The van der Waals surface area contributed by atoms with Crippen molar-refractivity contribution in [2.45, 2.75) is 19.8 Å². The third kappa shape index (κ3) is 2.74. The predicted molar refractivity (Wildman–Crippen MR) is 58.4 cm³/mol. The van der Waals surface area contributed by atoms with Crippen molar-refractivity contribution in [1.82, 2.24) is 0 Å². The van der Waals surface area contributed by atoms with Crippen LogP contribution >= 0.6 is 0 Å². The van der Waals surface area contributed by atoms with Gasteiger partial charge < -0.3 is 9.84 Å². The van der Waals surface area contributed by atoms with Gasteiger partial charge in [0.25, 0.3) is 0 Å². The number of nitriles is 1. The average molecular weight is 219 g/mol. The minimum Gasteiger partial charge on any atom is -0.480 e. The van der Waals surface area contributed by atoms with Gasteiger partial charge in [-0.1, -0.05) is 26.0 Å². The maximum Gasteiger partial charge on any atom is 0.341 e. The molecule has 1 N–H and O–H groups in total. The fourth-order valence-corrected chi connectivity index (χ4v) is 1.39. The van der Waals surface area contributed by atoms with Crippen LogP contribution in [-0.4, -0.2) is 17.7 Å². The molecule has 84 valence electrons. The Morgan fingerprint density at radius 3 is 2.75 bits per heavy atom. The number of aliphatic carboxylic acids is 1. The summed E-state index contributed by atoms with van der Waals surface area (Å²) in [5.41, 5.74) is 1.22. The highest BCUT2D eigenvalue weighted by molar-refractivity contribution is 5.68. The molecule has 1 aromatic carbocycles. The Bertz CT molecular complexity index is 432. The molecule has 0 aromatic heterocycles. The van der Waals surface area contributed by atoms with Crippen molar-refractivity contribution >= 4 is 5.97 Å². The van der Waals surface area contributed by atoms with Crippen molar-refractivity contribution in [2.24, 2.45) is 0 Å². The number of carboxylic acids is 1. The van der Waals surface area contributed by atoms with E-state index in [9.17, 15) is 4.79 Å². The van der Waals surface area contributed by atoms with Crippen LogP contribution in [0.1, 0.15) is 30.9 Å². The van der Waals surface area contributed by atoms with Crippen molar-refractivity contribution < 1.29 is 14.6 Å². The fraction of sp³-hybridized carbons (Fsp3) is 0.333. The van der Waals surface area contributed by atoms with Gasteiger partial charge in [0.05, 0.1) is 5.56 Å². The molecule has 0 aliphatic heterocycles. The van der Waals surface area contributed by atoms with E-state index in [1.807, 2.05) is 26.0 Å². The quantitative estimate of drug-likeness (QED) is 0.842. The molecule has 16 heavy (non-hydrogen) atoms. The molecule has 0 fully saturated rings. The van der Waals surface area contributed by atoms with Gasteiger partial charge >= 0.3 is 5.97 Å². The van der Waals surface area contributed by atoms with Gasteiger partial charge in [-0.05, 0) is 17.5 Å². The molecule has 4 nitrogen and oxygen atoms in total. The van der Waals surface area contributed by atoms with Gasteiger partial charge in [-0.25, -0.2) is 4.79 Å². The van der Waals surface area contributed by atoms with Crippen LogP contribution in [0.2, 0.25) is 0 Å². The number of para-hydroxylation sites is 1. The van der Waals surface area contributed by atoms with E-state index < -0.39 is 12.6 Å². The summed E-state index contributed by atoms with van der Waals surface area (Å²) in [6, 6.07) is 7.21. The van der Waals surface area contributed by atoms with Crippen LogP contribution in [-0.2, 0) is 4.79 Å². The SMILES string of the molecule is CC(C)c1cccc(C#N)c1OCC(=O)O. The standard InChI is InChI=1S/C12H13NO3/c1-8(2)10-5-3-4-9(6-13)12(10)16-7-11(14)15/h3-5,8H,7H2,1-2H3,(H,14,15). The van der Waals surface area contributed by atoms with E-state index >= 15 is 0 Å². The van der Waals surface area contributed by atoms with E-state index in [0.29, 0.717) is 11.3 Å². The summed E-state index contributed by atoms with van der Waals surface area (Å²) < 4.78 is 5.16. The lowest BCUT2D eigenvalue weighted by Crippen LogP contribution is -2.11. The lowest BCUT2D eigenvalue weighted by molar-refractivity contribution is -0.139. The van der Waals surface area contributed by atoms with Crippen molar-refractivity contribution in [1.29, 1.82) is 5.26 Å². The van der Waals surface area contributed by atoms with Gasteiger partial charge in [-0.3, -0.25) is 0 Å². The Morgan fingerprint density at radius 2 is 2.25 bits per heavy atom. The zero-order chi connectivity index (χ0) is 12.1. The van der Waals surface area contributed by atoms with Crippen LogP contribution < -0.4 is 4.74 Å². The summed E-state index contributed by atoms with van der Waals surface area (Å²) in [6.45, 7) is 3.49. The molecule has 1 rings (SSSR count). The molecule has 0 atom stereocenters. The Balaban J connectivity index is 3.10. The molecule has 0 saturated heterocycles. The molecule has 0 spiro atoms. The molecule has 0 aliphatic rings. The maximum absolute atomic E-state index is 10.4. The zero-order valence-electron chi connectivity index (χ0n) is 9.23. The summed E-state index contributed by atoms with van der Waals surface area (Å²) >= 11 is 0. The number of hydrogen-bond acceptors (Lipinski definition) is 3. The second kappa shape index (κ2) is 5.17. The highest BCUT2D eigenvalue weighted by atomic mass is 16.5. The zero-order valence-corrected chi connectivity index (χ0v) is 9.23. The molecular formula is C12H13NO3. The van der Waals surface area contributed by atoms with E-state index in [1.165, 1.54) is 0 Å². The molecule has 1 aromatic rings. The van der Waals surface area contributed by atoms with Crippen molar-refractivity contribution in [3.63, 3.8) is 0 Å². The molecule has 0 heterocycles. The fourth-order valence-electron chi connectivity index (χ4n) is 1.39. The first-order valence-corrected chi connectivity index (χ1v) is 4.94. The van der Waals surface area contributed by atoms with Gasteiger partial charge in [0.2, 0.25) is 0 Å². The van der Waals surface area contributed by atoms with Gasteiger partial charge in [0.15, 0.2) is 6.61 Å². The first kappa shape index (κ1) is 12.1. The van der Waals surface area contributed by atoms with Crippen LogP contribution in [0.3, 0.4) is 0 Å². The van der Waals surface area contributed by atoms with Gasteiger partial charge in [0, 0.05) is 0 Å². The normalized spacial score (nSPS) is 9.88. The number of rotatable bonds is 4. The van der Waals surface area contributed by atoms with Crippen LogP contribution in [0.5, 0.6) is 5.75 Å². The number of carbonyl (C=O) groups is 1. The van der Waals surface area contributed by atoms with Crippen LogP contribution in [0.15, 0.2) is 18.2 Å². The largest absolute Gasteiger partial charge is 0.480 e. The van der Waals surface area contributed by atoms with Gasteiger partial charge in [-0.15, -0.1) is 0 Å². The van der Waals surface area contributed by atoms with E-state index in [-0.39, 0.29) is 5.92 Å². The highest BCUT2D eigenvalue weighted by Crippen LogP contribution is 2.29. The number of ether oxygens (including phenoxy) is 1. The Labute approximate surface area is 94.1 Å². The molecular weight excluding hydrogens is 206 g/mol. The Morgan fingerprint density at radius 1 is 1.56 bits per heavy atom. The second-order valence-corrected chi connectivity index (χ2v) is 3.67. The Kier molecular flexibility index (Phi) is 3.90. The summed E-state index contributed by atoms with van der Waals surface area (Å²) in [7, 11) is 0. The minimum absolute atomic E-state index is 0.178. The number of nitrogens with zero attached hydrogens (tertiary/aromatic N) is 1. The minimum atomic E-state index is -1.05. The highest BCUT2D eigenvalue weighted by Gasteiger charge is 2.13. The molecule has 0 bridgehead atoms. The lowest BCUT2D eigenvalue weighted by Gasteiger charge is -2.13. The van der Waals surface area contributed by atoms with E-state index in [2.05, 4.69) is 0 Å². The number of hydrogen-bond donors (Lipinski definition) is 1. The summed E-state index contributed by atoms with van der Waals surface area (Å²) in [5.74, 6) is -0.498. The smallest absolute Gasteiger partial charge is 0.341 e.